The molecule has 0 amide bonds. The topological polar surface area (TPSA) is 53.1 Å². The smallest absolute Gasteiger partial charge is 0.0770 e. The van der Waals surface area contributed by atoms with Crippen LogP contribution >= 0.6 is 0 Å². The van der Waals surface area contributed by atoms with Crippen molar-refractivity contribution >= 4 is 0 Å². The summed E-state index contributed by atoms with van der Waals surface area (Å²) in [5.41, 5.74) is 6.60. The van der Waals surface area contributed by atoms with Gasteiger partial charge in [-0.25, -0.2) is 0 Å². The maximum atomic E-state index is 5.63. The monoisotopic (exact) mass is 195 g/mol. The molecular weight excluding hydrogens is 178 g/mol. The first-order valence-corrected chi connectivity index (χ1v) is 5.21. The molecule has 1 atom stereocenters. The molecule has 2 N–H and O–H groups in total. The van der Waals surface area contributed by atoms with Crippen LogP contribution < -0.4 is 5.73 Å². The van der Waals surface area contributed by atoms with Gasteiger partial charge in [-0.05, 0) is 19.3 Å². The molecule has 1 fully saturated rings. The number of ether oxygens (including phenoxy) is 1. The summed E-state index contributed by atoms with van der Waals surface area (Å²) >= 11 is 0. The molecule has 0 radical (unpaired) electrons. The van der Waals surface area contributed by atoms with Gasteiger partial charge in [-0.15, -0.1) is 0 Å². The van der Waals surface area contributed by atoms with Gasteiger partial charge in [0, 0.05) is 24.9 Å². The maximum absolute atomic E-state index is 5.63. The van der Waals surface area contributed by atoms with Crippen molar-refractivity contribution in [3.8, 4) is 0 Å². The van der Waals surface area contributed by atoms with Gasteiger partial charge < -0.3 is 10.5 Å². The van der Waals surface area contributed by atoms with Crippen LogP contribution in [0.5, 0.6) is 0 Å². The summed E-state index contributed by atoms with van der Waals surface area (Å²) in [6.45, 7) is 2.32. The van der Waals surface area contributed by atoms with Gasteiger partial charge in [0.15, 0.2) is 0 Å². The van der Waals surface area contributed by atoms with Crippen LogP contribution in [-0.4, -0.2) is 22.5 Å². The molecule has 1 saturated heterocycles. The summed E-state index contributed by atoms with van der Waals surface area (Å²) in [6.07, 6.45) is 7.78. The zero-order valence-corrected chi connectivity index (χ0v) is 8.35. The van der Waals surface area contributed by atoms with Gasteiger partial charge in [-0.1, -0.05) is 0 Å². The molecule has 0 unspecified atom stereocenters. The van der Waals surface area contributed by atoms with E-state index in [1.165, 1.54) is 12.8 Å². The van der Waals surface area contributed by atoms with Crippen molar-refractivity contribution in [2.45, 2.75) is 38.5 Å². The van der Waals surface area contributed by atoms with Crippen LogP contribution in [0.1, 0.15) is 24.8 Å². The molecule has 0 aromatic carbocycles. The van der Waals surface area contributed by atoms with E-state index >= 15 is 0 Å². The SMILES string of the molecule is NCc1cnn(C[C@H]2CCCCO2)c1. The van der Waals surface area contributed by atoms with Crippen molar-refractivity contribution < 1.29 is 4.74 Å². The van der Waals surface area contributed by atoms with Gasteiger partial charge in [0.1, 0.15) is 0 Å². The zero-order chi connectivity index (χ0) is 9.80. The van der Waals surface area contributed by atoms with E-state index in [9.17, 15) is 0 Å². The molecule has 0 bridgehead atoms. The lowest BCUT2D eigenvalue weighted by Crippen LogP contribution is -2.24. The molecule has 0 spiro atoms. The van der Waals surface area contributed by atoms with Crippen LogP contribution in [0.2, 0.25) is 0 Å². The van der Waals surface area contributed by atoms with E-state index in [0.29, 0.717) is 12.6 Å². The first-order valence-electron chi connectivity index (χ1n) is 5.21. The Labute approximate surface area is 84.0 Å². The Kier molecular flexibility index (Phi) is 3.16. The molecule has 4 nitrogen and oxygen atoms in total. The molecule has 1 aliphatic rings. The highest BCUT2D eigenvalue weighted by atomic mass is 16.5. The first-order chi connectivity index (χ1) is 6.88. The lowest BCUT2D eigenvalue weighted by Gasteiger charge is -2.22. The lowest BCUT2D eigenvalue weighted by molar-refractivity contribution is 0.00398. The van der Waals surface area contributed by atoms with E-state index in [4.69, 9.17) is 10.5 Å². The van der Waals surface area contributed by atoms with E-state index in [1.807, 2.05) is 17.1 Å². The van der Waals surface area contributed by atoms with Crippen LogP contribution in [0.15, 0.2) is 12.4 Å². The third-order valence-electron chi connectivity index (χ3n) is 2.59. The summed E-state index contributed by atoms with van der Waals surface area (Å²) in [5.74, 6) is 0. The number of nitrogens with two attached hydrogens (primary N) is 1. The molecule has 1 aromatic heterocycles. The summed E-state index contributed by atoms with van der Waals surface area (Å²) in [5, 5.41) is 4.24. The highest BCUT2D eigenvalue weighted by Crippen LogP contribution is 2.14. The highest BCUT2D eigenvalue weighted by Gasteiger charge is 2.14. The van der Waals surface area contributed by atoms with Crippen molar-refractivity contribution in [3.05, 3.63) is 18.0 Å². The molecule has 14 heavy (non-hydrogen) atoms. The lowest BCUT2D eigenvalue weighted by atomic mass is 10.1. The van der Waals surface area contributed by atoms with Crippen molar-refractivity contribution in [2.75, 3.05) is 6.61 Å². The van der Waals surface area contributed by atoms with Crippen molar-refractivity contribution in [1.29, 1.82) is 0 Å². The third kappa shape index (κ3) is 2.33. The third-order valence-corrected chi connectivity index (χ3v) is 2.59. The van der Waals surface area contributed by atoms with Crippen molar-refractivity contribution in [3.63, 3.8) is 0 Å². The molecule has 0 saturated carbocycles. The molecule has 4 heteroatoms. The summed E-state index contributed by atoms with van der Waals surface area (Å²) < 4.78 is 7.56. The van der Waals surface area contributed by atoms with Crippen molar-refractivity contribution in [2.24, 2.45) is 5.73 Å². The van der Waals surface area contributed by atoms with E-state index in [1.54, 1.807) is 0 Å². The van der Waals surface area contributed by atoms with Crippen LogP contribution in [0, 0.1) is 0 Å². The Hall–Kier alpha value is -0.870. The Morgan fingerprint density at radius 2 is 2.50 bits per heavy atom. The quantitative estimate of drug-likeness (QED) is 0.780. The second-order valence-corrected chi connectivity index (χ2v) is 3.76. The number of hydrogen-bond donors (Lipinski definition) is 1. The average Bonchev–Trinajstić information content (AvgIpc) is 2.67. The molecule has 2 heterocycles. The van der Waals surface area contributed by atoms with E-state index in [-0.39, 0.29) is 0 Å². The van der Waals surface area contributed by atoms with Gasteiger partial charge in [-0.2, -0.15) is 5.10 Å². The minimum absolute atomic E-state index is 0.342. The average molecular weight is 195 g/mol. The van der Waals surface area contributed by atoms with Crippen LogP contribution in [-0.2, 0) is 17.8 Å². The van der Waals surface area contributed by atoms with Crippen LogP contribution in [0.25, 0.3) is 0 Å². The van der Waals surface area contributed by atoms with Crippen LogP contribution in [0.4, 0.5) is 0 Å². The van der Waals surface area contributed by atoms with Gasteiger partial charge >= 0.3 is 0 Å². The first kappa shape index (κ1) is 9.68. The second-order valence-electron chi connectivity index (χ2n) is 3.76. The number of hydrogen-bond acceptors (Lipinski definition) is 3. The zero-order valence-electron chi connectivity index (χ0n) is 8.35. The Balaban J connectivity index is 1.89. The summed E-state index contributed by atoms with van der Waals surface area (Å²) in [4.78, 5) is 0. The van der Waals surface area contributed by atoms with E-state index < -0.39 is 0 Å². The van der Waals surface area contributed by atoms with Gasteiger partial charge in [0.25, 0.3) is 0 Å². The molecule has 78 valence electrons. The highest BCUT2D eigenvalue weighted by molar-refractivity contribution is 5.02. The van der Waals surface area contributed by atoms with Crippen molar-refractivity contribution in [1.82, 2.24) is 9.78 Å². The Bertz CT molecular complexity index is 279. The molecule has 2 rings (SSSR count). The fourth-order valence-electron chi connectivity index (χ4n) is 1.77. The fraction of sp³-hybridized carbons (Fsp3) is 0.700. The minimum Gasteiger partial charge on any atom is -0.376 e. The predicted octanol–water partition coefficient (Wildman–Crippen LogP) is 0.911. The Morgan fingerprint density at radius 1 is 1.57 bits per heavy atom. The van der Waals surface area contributed by atoms with Gasteiger partial charge in [0.2, 0.25) is 0 Å². The van der Waals surface area contributed by atoms with Gasteiger partial charge in [-0.3, -0.25) is 4.68 Å². The normalized spacial score (nSPS) is 22.5. The molecule has 1 aromatic rings. The predicted molar refractivity (Wildman–Crippen MR) is 53.7 cm³/mol. The second kappa shape index (κ2) is 4.57. The number of aromatic nitrogens is 2. The maximum Gasteiger partial charge on any atom is 0.0770 e. The number of rotatable bonds is 3. The van der Waals surface area contributed by atoms with Gasteiger partial charge in [0.05, 0.1) is 18.8 Å². The molecule has 1 aliphatic heterocycles. The summed E-state index contributed by atoms with van der Waals surface area (Å²) in [7, 11) is 0. The van der Waals surface area contributed by atoms with Crippen LogP contribution in [0.3, 0.4) is 0 Å². The fourth-order valence-corrected chi connectivity index (χ4v) is 1.77. The minimum atomic E-state index is 0.342. The largest absolute Gasteiger partial charge is 0.376 e. The molecular formula is C10H17N3O. The number of nitrogens with zero attached hydrogens (tertiary/aromatic N) is 2. The Morgan fingerprint density at radius 3 is 3.14 bits per heavy atom. The van der Waals surface area contributed by atoms with E-state index in [2.05, 4.69) is 5.10 Å². The molecule has 0 aliphatic carbocycles. The summed E-state index contributed by atoms with van der Waals surface area (Å²) in [6, 6.07) is 0. The standard InChI is InChI=1S/C10H17N3O/c11-5-9-6-12-13(7-9)8-10-3-1-2-4-14-10/h6-7,10H,1-5,8,11H2/t10-/m1/s1. The van der Waals surface area contributed by atoms with E-state index in [0.717, 1.165) is 25.1 Å².